The smallest absolute Gasteiger partial charge is 0.340 e. The molecular weight excluding hydrogens is 290 g/mol. The number of ether oxygens (including phenoxy) is 2. The number of aryl methyl sites for hydroxylation is 1. The molecule has 0 saturated heterocycles. The molecule has 6 heteroatoms. The molecular formula is C15H15NO4S. The number of carbonyl (C=O) groups is 2. The number of methoxy groups -OCH3 is 1. The van der Waals surface area contributed by atoms with Gasteiger partial charge in [0.15, 0.2) is 6.61 Å². The Labute approximate surface area is 126 Å². The van der Waals surface area contributed by atoms with Crippen molar-refractivity contribution in [3.8, 4) is 5.75 Å². The SMILES string of the molecule is COC(=O)c1ccsc1NC(=O)COc1cccc(C)c1. The van der Waals surface area contributed by atoms with Gasteiger partial charge in [0.25, 0.3) is 5.91 Å². The first-order valence-corrected chi connectivity index (χ1v) is 7.13. The van der Waals surface area contributed by atoms with Crippen molar-refractivity contribution in [2.75, 3.05) is 19.0 Å². The molecule has 5 nitrogen and oxygen atoms in total. The van der Waals surface area contributed by atoms with Crippen molar-refractivity contribution in [1.82, 2.24) is 0 Å². The number of thiophene rings is 1. The quantitative estimate of drug-likeness (QED) is 0.863. The molecule has 1 aromatic carbocycles. The number of benzene rings is 1. The number of rotatable bonds is 5. The Morgan fingerprint density at radius 1 is 1.29 bits per heavy atom. The molecule has 1 aromatic heterocycles. The third kappa shape index (κ3) is 4.06. The fourth-order valence-electron chi connectivity index (χ4n) is 1.69. The van der Waals surface area contributed by atoms with E-state index in [2.05, 4.69) is 10.1 Å². The van der Waals surface area contributed by atoms with E-state index in [1.807, 2.05) is 25.1 Å². The summed E-state index contributed by atoms with van der Waals surface area (Å²) in [7, 11) is 1.30. The number of hydrogen-bond acceptors (Lipinski definition) is 5. The molecule has 2 rings (SSSR count). The van der Waals surface area contributed by atoms with Crippen LogP contribution < -0.4 is 10.1 Å². The molecule has 1 N–H and O–H groups in total. The monoisotopic (exact) mass is 305 g/mol. The highest BCUT2D eigenvalue weighted by molar-refractivity contribution is 7.14. The Kier molecular flexibility index (Phi) is 4.94. The summed E-state index contributed by atoms with van der Waals surface area (Å²) in [5.41, 5.74) is 1.39. The van der Waals surface area contributed by atoms with Gasteiger partial charge >= 0.3 is 5.97 Å². The Hall–Kier alpha value is -2.34. The van der Waals surface area contributed by atoms with Crippen LogP contribution in [0.3, 0.4) is 0 Å². The molecule has 0 aliphatic rings. The van der Waals surface area contributed by atoms with Crippen molar-refractivity contribution >= 4 is 28.2 Å². The van der Waals surface area contributed by atoms with Gasteiger partial charge in [-0.15, -0.1) is 11.3 Å². The van der Waals surface area contributed by atoms with Crippen LogP contribution in [0.2, 0.25) is 0 Å². The van der Waals surface area contributed by atoms with Crippen LogP contribution >= 0.6 is 11.3 Å². The summed E-state index contributed by atoms with van der Waals surface area (Å²) in [6, 6.07) is 9.04. The van der Waals surface area contributed by atoms with Crippen LogP contribution in [0.15, 0.2) is 35.7 Å². The zero-order valence-electron chi connectivity index (χ0n) is 11.7. The van der Waals surface area contributed by atoms with Crippen LogP contribution in [0.5, 0.6) is 5.75 Å². The lowest BCUT2D eigenvalue weighted by molar-refractivity contribution is -0.118. The molecule has 1 amide bonds. The highest BCUT2D eigenvalue weighted by Gasteiger charge is 2.15. The molecule has 0 bridgehead atoms. The molecule has 0 aliphatic heterocycles. The minimum absolute atomic E-state index is 0.123. The summed E-state index contributed by atoms with van der Waals surface area (Å²) in [5.74, 6) is -0.181. The fourth-order valence-corrected chi connectivity index (χ4v) is 2.48. The highest BCUT2D eigenvalue weighted by Crippen LogP contribution is 2.23. The first-order chi connectivity index (χ1) is 10.1. The minimum Gasteiger partial charge on any atom is -0.484 e. The molecule has 0 fully saturated rings. The van der Waals surface area contributed by atoms with Crippen LogP contribution in [0.1, 0.15) is 15.9 Å². The van der Waals surface area contributed by atoms with E-state index in [9.17, 15) is 9.59 Å². The third-order valence-electron chi connectivity index (χ3n) is 2.68. The van der Waals surface area contributed by atoms with Crippen LogP contribution in [0, 0.1) is 6.92 Å². The Morgan fingerprint density at radius 3 is 2.81 bits per heavy atom. The van der Waals surface area contributed by atoms with Crippen molar-refractivity contribution < 1.29 is 19.1 Å². The van der Waals surface area contributed by atoms with Gasteiger partial charge in [0.05, 0.1) is 12.7 Å². The van der Waals surface area contributed by atoms with E-state index in [-0.39, 0.29) is 12.5 Å². The van der Waals surface area contributed by atoms with Crippen LogP contribution in [0.4, 0.5) is 5.00 Å². The zero-order valence-corrected chi connectivity index (χ0v) is 12.5. The number of nitrogens with one attached hydrogen (secondary N) is 1. The van der Waals surface area contributed by atoms with Gasteiger partial charge in [-0.25, -0.2) is 4.79 Å². The first kappa shape index (κ1) is 15.1. The normalized spacial score (nSPS) is 10.0. The van der Waals surface area contributed by atoms with Crippen LogP contribution in [-0.4, -0.2) is 25.6 Å². The fraction of sp³-hybridized carbons (Fsp3) is 0.200. The molecule has 0 saturated carbocycles. The lowest BCUT2D eigenvalue weighted by atomic mass is 10.2. The number of hydrogen-bond donors (Lipinski definition) is 1. The van der Waals surface area contributed by atoms with Crippen molar-refractivity contribution in [3.05, 3.63) is 46.8 Å². The number of amides is 1. The second-order valence-electron chi connectivity index (χ2n) is 4.31. The maximum absolute atomic E-state index is 11.9. The largest absolute Gasteiger partial charge is 0.484 e. The van der Waals surface area contributed by atoms with Gasteiger partial charge in [-0.05, 0) is 36.1 Å². The molecule has 1 heterocycles. The second kappa shape index (κ2) is 6.90. The standard InChI is InChI=1S/C15H15NO4S/c1-10-4-3-5-11(8-10)20-9-13(17)16-14-12(6-7-21-14)15(18)19-2/h3-8H,9H2,1-2H3,(H,16,17). The van der Waals surface area contributed by atoms with E-state index >= 15 is 0 Å². The molecule has 0 aliphatic carbocycles. The minimum atomic E-state index is -0.480. The van der Waals surface area contributed by atoms with Crippen molar-refractivity contribution in [2.24, 2.45) is 0 Å². The summed E-state index contributed by atoms with van der Waals surface area (Å²) in [6.07, 6.45) is 0. The predicted octanol–water partition coefficient (Wildman–Crippen LogP) is 2.86. The Bertz CT molecular complexity index is 651. The van der Waals surface area contributed by atoms with Gasteiger partial charge in [-0.2, -0.15) is 0 Å². The predicted molar refractivity (Wildman–Crippen MR) is 81.0 cm³/mol. The second-order valence-corrected chi connectivity index (χ2v) is 5.22. The Morgan fingerprint density at radius 2 is 2.10 bits per heavy atom. The topological polar surface area (TPSA) is 64.6 Å². The number of anilines is 1. The summed E-state index contributed by atoms with van der Waals surface area (Å²) < 4.78 is 10.0. The average Bonchev–Trinajstić information content (AvgIpc) is 2.92. The summed E-state index contributed by atoms with van der Waals surface area (Å²) in [4.78, 5) is 23.3. The number of esters is 1. The van der Waals surface area contributed by atoms with Gasteiger partial charge in [0, 0.05) is 0 Å². The third-order valence-corrected chi connectivity index (χ3v) is 3.51. The van der Waals surface area contributed by atoms with Gasteiger partial charge in [0.1, 0.15) is 10.8 Å². The van der Waals surface area contributed by atoms with Crippen molar-refractivity contribution in [2.45, 2.75) is 6.92 Å². The maximum Gasteiger partial charge on any atom is 0.340 e. The molecule has 0 radical (unpaired) electrons. The van der Waals surface area contributed by atoms with E-state index < -0.39 is 5.97 Å². The van der Waals surface area contributed by atoms with Crippen LogP contribution in [0.25, 0.3) is 0 Å². The van der Waals surface area contributed by atoms with E-state index in [1.54, 1.807) is 17.5 Å². The molecule has 0 spiro atoms. The number of carbonyl (C=O) groups excluding carboxylic acids is 2. The van der Waals surface area contributed by atoms with Crippen molar-refractivity contribution in [1.29, 1.82) is 0 Å². The zero-order chi connectivity index (χ0) is 15.2. The molecule has 2 aromatic rings. The summed E-state index contributed by atoms with van der Waals surface area (Å²) in [6.45, 7) is 1.82. The molecule has 110 valence electrons. The highest BCUT2D eigenvalue weighted by atomic mass is 32.1. The average molecular weight is 305 g/mol. The molecule has 0 atom stereocenters. The summed E-state index contributed by atoms with van der Waals surface area (Å²) >= 11 is 1.26. The van der Waals surface area contributed by atoms with Gasteiger partial charge < -0.3 is 14.8 Å². The summed E-state index contributed by atoms with van der Waals surface area (Å²) in [5, 5.41) is 4.81. The first-order valence-electron chi connectivity index (χ1n) is 6.25. The van der Waals surface area contributed by atoms with E-state index in [1.165, 1.54) is 18.4 Å². The van der Waals surface area contributed by atoms with E-state index in [4.69, 9.17) is 4.74 Å². The van der Waals surface area contributed by atoms with Gasteiger partial charge in [-0.1, -0.05) is 12.1 Å². The van der Waals surface area contributed by atoms with Gasteiger partial charge in [0.2, 0.25) is 0 Å². The molecule has 0 unspecified atom stereocenters. The van der Waals surface area contributed by atoms with E-state index in [0.717, 1.165) is 5.56 Å². The lowest BCUT2D eigenvalue weighted by Gasteiger charge is -2.08. The van der Waals surface area contributed by atoms with E-state index in [0.29, 0.717) is 16.3 Å². The lowest BCUT2D eigenvalue weighted by Crippen LogP contribution is -2.20. The van der Waals surface area contributed by atoms with Gasteiger partial charge in [-0.3, -0.25) is 4.79 Å². The van der Waals surface area contributed by atoms with Crippen LogP contribution in [-0.2, 0) is 9.53 Å². The Balaban J connectivity index is 1.93. The maximum atomic E-state index is 11.9. The van der Waals surface area contributed by atoms with Crippen molar-refractivity contribution in [3.63, 3.8) is 0 Å². The molecule has 21 heavy (non-hydrogen) atoms.